The van der Waals surface area contributed by atoms with Crippen molar-refractivity contribution in [2.75, 3.05) is 10.8 Å². The van der Waals surface area contributed by atoms with E-state index < -0.39 is 34.3 Å². The second-order valence-electron chi connectivity index (χ2n) is 8.92. The van der Waals surface area contributed by atoms with Gasteiger partial charge in [-0.15, -0.1) is 0 Å². The molecule has 202 valence electrons. The summed E-state index contributed by atoms with van der Waals surface area (Å²) in [5, 5.41) is 2.88. The highest BCUT2D eigenvalue weighted by Crippen LogP contribution is 2.27. The van der Waals surface area contributed by atoms with Crippen molar-refractivity contribution < 1.29 is 22.4 Å². The Bertz CT molecular complexity index is 1370. The van der Waals surface area contributed by atoms with Gasteiger partial charge in [-0.25, -0.2) is 12.8 Å². The van der Waals surface area contributed by atoms with E-state index in [-0.39, 0.29) is 29.1 Å². The number of carbonyl (C=O) groups excluding carboxylic acids is 2. The van der Waals surface area contributed by atoms with Crippen LogP contribution in [-0.4, -0.2) is 43.8 Å². The molecule has 0 aliphatic heterocycles. The average molecular weight is 605 g/mol. The number of carbonyl (C=O) groups is 2. The Morgan fingerprint density at radius 2 is 1.63 bits per heavy atom. The van der Waals surface area contributed by atoms with Crippen LogP contribution in [0.15, 0.2) is 88.2 Å². The van der Waals surface area contributed by atoms with Crippen molar-refractivity contribution in [3.63, 3.8) is 0 Å². The lowest BCUT2D eigenvalue weighted by Gasteiger charge is -2.32. The Morgan fingerprint density at radius 1 is 0.974 bits per heavy atom. The van der Waals surface area contributed by atoms with Crippen molar-refractivity contribution in [1.82, 2.24) is 10.2 Å². The third kappa shape index (κ3) is 7.20. The lowest BCUT2D eigenvalue weighted by molar-refractivity contribution is -0.139. The van der Waals surface area contributed by atoms with Crippen LogP contribution in [-0.2, 0) is 26.2 Å². The maximum Gasteiger partial charge on any atom is 0.264 e. The fraction of sp³-hybridized carbons (Fsp3) is 0.286. The number of amides is 2. The summed E-state index contributed by atoms with van der Waals surface area (Å²) in [6.07, 6.45) is 0.703. The van der Waals surface area contributed by atoms with Gasteiger partial charge in [0, 0.05) is 17.1 Å². The average Bonchev–Trinajstić information content (AvgIpc) is 2.90. The lowest BCUT2D eigenvalue weighted by Crippen LogP contribution is -2.52. The molecule has 0 fully saturated rings. The van der Waals surface area contributed by atoms with Crippen molar-refractivity contribution in [2.45, 2.75) is 50.7 Å². The molecule has 0 aliphatic rings. The van der Waals surface area contributed by atoms with E-state index in [1.54, 1.807) is 37.3 Å². The van der Waals surface area contributed by atoms with Crippen molar-refractivity contribution in [3.8, 4) is 0 Å². The van der Waals surface area contributed by atoms with E-state index in [1.165, 1.54) is 35.2 Å². The highest BCUT2D eigenvalue weighted by molar-refractivity contribution is 9.10. The van der Waals surface area contributed by atoms with E-state index in [9.17, 15) is 22.4 Å². The van der Waals surface area contributed by atoms with Gasteiger partial charge in [-0.1, -0.05) is 65.3 Å². The smallest absolute Gasteiger partial charge is 0.264 e. The molecule has 7 nitrogen and oxygen atoms in total. The van der Waals surface area contributed by atoms with E-state index in [0.29, 0.717) is 6.42 Å². The van der Waals surface area contributed by atoms with Crippen LogP contribution in [0.1, 0.15) is 32.8 Å². The summed E-state index contributed by atoms with van der Waals surface area (Å²) in [6, 6.07) is 19.1. The maximum absolute atomic E-state index is 14.9. The molecule has 0 saturated carbocycles. The first-order chi connectivity index (χ1) is 18.0. The number of rotatable bonds is 11. The standard InChI is InChI=1S/C28H31BrFN3O4S/c1-4-20(2)31-28(35)21(3)32(18-22-11-10-12-23(29)17-22)27(34)19-33(26-16-9-8-15-25(26)30)38(36,37)24-13-6-5-7-14-24/h5-17,20-21H,4,18-19H2,1-3H3,(H,31,35). The fourth-order valence-corrected chi connectivity index (χ4v) is 5.66. The summed E-state index contributed by atoms with van der Waals surface area (Å²) < 4.78 is 43.7. The minimum atomic E-state index is -4.32. The molecule has 38 heavy (non-hydrogen) atoms. The zero-order valence-electron chi connectivity index (χ0n) is 21.5. The number of hydrogen-bond donors (Lipinski definition) is 1. The molecule has 2 amide bonds. The number of nitrogens with one attached hydrogen (secondary N) is 1. The number of sulfonamides is 1. The number of para-hydroxylation sites is 1. The molecule has 0 radical (unpaired) electrons. The van der Waals surface area contributed by atoms with Gasteiger partial charge in [0.05, 0.1) is 10.6 Å². The first kappa shape index (κ1) is 29.3. The van der Waals surface area contributed by atoms with Crippen molar-refractivity contribution in [1.29, 1.82) is 0 Å². The Morgan fingerprint density at radius 3 is 2.26 bits per heavy atom. The Hall–Kier alpha value is -3.24. The van der Waals surface area contributed by atoms with E-state index in [4.69, 9.17) is 0 Å². The van der Waals surface area contributed by atoms with Gasteiger partial charge in [-0.05, 0) is 62.2 Å². The summed E-state index contributed by atoms with van der Waals surface area (Å²) in [6.45, 7) is 4.72. The molecular weight excluding hydrogens is 573 g/mol. The summed E-state index contributed by atoms with van der Waals surface area (Å²) in [7, 11) is -4.32. The van der Waals surface area contributed by atoms with E-state index >= 15 is 0 Å². The maximum atomic E-state index is 14.9. The van der Waals surface area contributed by atoms with Crippen LogP contribution in [0.4, 0.5) is 10.1 Å². The molecule has 0 aromatic heterocycles. The highest BCUT2D eigenvalue weighted by atomic mass is 79.9. The van der Waals surface area contributed by atoms with Gasteiger partial charge >= 0.3 is 0 Å². The van der Waals surface area contributed by atoms with Crippen LogP contribution in [0, 0.1) is 5.82 Å². The molecule has 10 heteroatoms. The molecule has 0 heterocycles. The topological polar surface area (TPSA) is 86.8 Å². The van der Waals surface area contributed by atoms with Crippen molar-refractivity contribution >= 4 is 43.5 Å². The Balaban J connectivity index is 2.03. The van der Waals surface area contributed by atoms with Crippen LogP contribution in [0.2, 0.25) is 0 Å². The third-order valence-corrected chi connectivity index (χ3v) is 8.41. The molecule has 3 aromatic rings. The van der Waals surface area contributed by atoms with Crippen molar-refractivity contribution in [2.24, 2.45) is 0 Å². The zero-order valence-corrected chi connectivity index (χ0v) is 23.9. The second-order valence-corrected chi connectivity index (χ2v) is 11.7. The van der Waals surface area contributed by atoms with Gasteiger partial charge in [0.25, 0.3) is 10.0 Å². The van der Waals surface area contributed by atoms with E-state index in [1.807, 2.05) is 26.0 Å². The van der Waals surface area contributed by atoms with Crippen molar-refractivity contribution in [3.05, 3.63) is 94.7 Å². The monoisotopic (exact) mass is 603 g/mol. The fourth-order valence-electron chi connectivity index (χ4n) is 3.77. The van der Waals surface area contributed by atoms with Gasteiger partial charge < -0.3 is 10.2 Å². The number of hydrogen-bond acceptors (Lipinski definition) is 4. The van der Waals surface area contributed by atoms with Crippen LogP contribution >= 0.6 is 15.9 Å². The predicted octanol–water partition coefficient (Wildman–Crippen LogP) is 5.12. The number of benzene rings is 3. The Labute approximate surface area is 231 Å². The molecule has 0 aliphatic carbocycles. The van der Waals surface area contributed by atoms with Gasteiger partial charge in [-0.3, -0.25) is 13.9 Å². The summed E-state index contributed by atoms with van der Waals surface area (Å²) in [4.78, 5) is 28.1. The summed E-state index contributed by atoms with van der Waals surface area (Å²) >= 11 is 3.42. The van der Waals surface area contributed by atoms with Crippen LogP contribution in [0.25, 0.3) is 0 Å². The minimum absolute atomic E-state index is 0.0455. The van der Waals surface area contributed by atoms with Gasteiger partial charge in [-0.2, -0.15) is 0 Å². The van der Waals surface area contributed by atoms with Crippen LogP contribution < -0.4 is 9.62 Å². The molecule has 2 unspecified atom stereocenters. The first-order valence-corrected chi connectivity index (χ1v) is 14.4. The SMILES string of the molecule is CCC(C)NC(=O)C(C)N(Cc1cccc(Br)c1)C(=O)CN(c1ccccc1F)S(=O)(=O)c1ccccc1. The minimum Gasteiger partial charge on any atom is -0.352 e. The second kappa shape index (κ2) is 13.0. The Kier molecular flexibility index (Phi) is 10.0. The first-order valence-electron chi connectivity index (χ1n) is 12.2. The number of halogens is 2. The molecule has 0 bridgehead atoms. The molecule has 2 atom stereocenters. The molecular formula is C28H31BrFN3O4S. The van der Waals surface area contributed by atoms with Crippen LogP contribution in [0.3, 0.4) is 0 Å². The lowest BCUT2D eigenvalue weighted by atomic mass is 10.1. The normalized spacial score (nSPS) is 12.9. The molecule has 3 aromatic carbocycles. The van der Waals surface area contributed by atoms with Gasteiger partial charge in [0.2, 0.25) is 11.8 Å². The van der Waals surface area contributed by atoms with E-state index in [2.05, 4.69) is 21.2 Å². The molecule has 0 spiro atoms. The summed E-state index contributed by atoms with van der Waals surface area (Å²) in [5.74, 6) is -1.81. The van der Waals surface area contributed by atoms with Gasteiger partial charge in [0.1, 0.15) is 18.4 Å². The highest BCUT2D eigenvalue weighted by Gasteiger charge is 2.33. The quantitative estimate of drug-likeness (QED) is 0.330. The van der Waals surface area contributed by atoms with Gasteiger partial charge in [0.15, 0.2) is 0 Å². The number of nitrogens with zero attached hydrogens (tertiary/aromatic N) is 2. The van der Waals surface area contributed by atoms with E-state index in [0.717, 1.165) is 20.4 Å². The molecule has 0 saturated heterocycles. The summed E-state index contributed by atoms with van der Waals surface area (Å²) in [5.41, 5.74) is 0.475. The predicted molar refractivity (Wildman–Crippen MR) is 149 cm³/mol. The molecule has 3 rings (SSSR count). The zero-order chi connectivity index (χ0) is 27.9. The third-order valence-electron chi connectivity index (χ3n) is 6.14. The number of anilines is 1. The largest absolute Gasteiger partial charge is 0.352 e. The molecule has 1 N–H and O–H groups in total. The van der Waals surface area contributed by atoms with Crippen LogP contribution in [0.5, 0.6) is 0 Å².